The molecule has 1 aliphatic rings. The molecule has 1 aromatic carbocycles. The summed E-state index contributed by atoms with van der Waals surface area (Å²) >= 11 is 6.10. The predicted octanol–water partition coefficient (Wildman–Crippen LogP) is 2.73. The fourth-order valence-electron chi connectivity index (χ4n) is 1.71. The van der Waals surface area contributed by atoms with Gasteiger partial charge in [0.1, 0.15) is 0 Å². The lowest BCUT2D eigenvalue weighted by atomic mass is 10.2. The summed E-state index contributed by atoms with van der Waals surface area (Å²) in [6, 6.07) is 8.54. The van der Waals surface area contributed by atoms with Gasteiger partial charge in [0.2, 0.25) is 0 Å². The molecule has 16 heavy (non-hydrogen) atoms. The Labute approximate surface area is 101 Å². The number of nitrogens with zero attached hydrogens (tertiary/aromatic N) is 1. The van der Waals surface area contributed by atoms with Gasteiger partial charge in [-0.1, -0.05) is 35.9 Å². The van der Waals surface area contributed by atoms with E-state index in [2.05, 4.69) is 17.5 Å². The number of hydrogen-bond donors (Lipinski definition) is 0. The van der Waals surface area contributed by atoms with Gasteiger partial charge in [-0.05, 0) is 11.6 Å². The molecule has 1 saturated heterocycles. The summed E-state index contributed by atoms with van der Waals surface area (Å²) in [4.78, 5) is 2.35. The normalized spacial score (nSPS) is 23.1. The van der Waals surface area contributed by atoms with Crippen LogP contribution in [-0.2, 0) is 11.3 Å². The average Bonchev–Trinajstić information content (AvgIpc) is 3.01. The quantitative estimate of drug-likeness (QED) is 0.429. The average molecular weight is 238 g/mol. The van der Waals surface area contributed by atoms with E-state index in [9.17, 15) is 0 Å². The van der Waals surface area contributed by atoms with Crippen LogP contribution in [0.2, 0.25) is 5.02 Å². The highest BCUT2D eigenvalue weighted by molar-refractivity contribution is 6.31. The molecular weight excluding hydrogens is 222 g/mol. The number of benzene rings is 1. The van der Waals surface area contributed by atoms with E-state index in [0.717, 1.165) is 24.7 Å². The highest BCUT2D eigenvalue weighted by Gasteiger charge is 2.33. The molecule has 0 N–H and O–H groups in total. The first-order valence-electron chi connectivity index (χ1n) is 5.47. The molecule has 86 valence electrons. The molecule has 1 heterocycles. The van der Waals surface area contributed by atoms with E-state index in [1.165, 1.54) is 5.56 Å². The van der Waals surface area contributed by atoms with Crippen LogP contribution in [0, 0.1) is 0 Å². The van der Waals surface area contributed by atoms with Crippen molar-refractivity contribution in [1.82, 2.24) is 4.90 Å². The third-order valence-electron chi connectivity index (χ3n) is 2.71. The van der Waals surface area contributed by atoms with E-state index in [4.69, 9.17) is 16.3 Å². The highest BCUT2D eigenvalue weighted by Crippen LogP contribution is 2.24. The Bertz CT molecular complexity index is 367. The minimum Gasteiger partial charge on any atom is -0.376 e. The van der Waals surface area contributed by atoms with Gasteiger partial charge in [-0.3, -0.25) is 4.90 Å². The van der Waals surface area contributed by atoms with Gasteiger partial charge in [0.05, 0.1) is 13.2 Å². The number of rotatable bonds is 6. The molecule has 1 aliphatic heterocycles. The number of hydrogen-bond acceptors (Lipinski definition) is 2. The molecule has 2 atom stereocenters. The topological polar surface area (TPSA) is 12.2 Å². The molecule has 0 aliphatic carbocycles. The van der Waals surface area contributed by atoms with E-state index < -0.39 is 0 Å². The van der Waals surface area contributed by atoms with E-state index in [0.29, 0.717) is 12.6 Å². The molecule has 0 radical (unpaired) electrons. The number of halogens is 1. The van der Waals surface area contributed by atoms with Crippen molar-refractivity contribution in [1.29, 1.82) is 0 Å². The van der Waals surface area contributed by atoms with Crippen molar-refractivity contribution in [2.24, 2.45) is 0 Å². The summed E-state index contributed by atoms with van der Waals surface area (Å²) in [6.45, 7) is 7.06. The van der Waals surface area contributed by atoms with Crippen molar-refractivity contribution in [2.75, 3.05) is 19.8 Å². The zero-order chi connectivity index (χ0) is 11.4. The SMILES string of the molecule is C=CCOCC1CN1Cc1ccccc1Cl. The molecule has 1 aromatic rings. The lowest BCUT2D eigenvalue weighted by molar-refractivity contribution is 0.153. The van der Waals surface area contributed by atoms with Crippen LogP contribution in [-0.4, -0.2) is 30.7 Å². The summed E-state index contributed by atoms with van der Waals surface area (Å²) in [5.74, 6) is 0. The molecule has 0 bridgehead atoms. The van der Waals surface area contributed by atoms with Crippen LogP contribution in [0.3, 0.4) is 0 Å². The van der Waals surface area contributed by atoms with E-state index >= 15 is 0 Å². The van der Waals surface area contributed by atoms with Crippen LogP contribution in [0.25, 0.3) is 0 Å². The van der Waals surface area contributed by atoms with Gasteiger partial charge in [-0.2, -0.15) is 0 Å². The molecule has 0 saturated carbocycles. The van der Waals surface area contributed by atoms with Crippen LogP contribution in [0.1, 0.15) is 5.56 Å². The summed E-state index contributed by atoms with van der Waals surface area (Å²) in [7, 11) is 0. The van der Waals surface area contributed by atoms with Gasteiger partial charge in [0.25, 0.3) is 0 Å². The second kappa shape index (κ2) is 5.48. The standard InChI is InChI=1S/C13H16ClNO/c1-2-7-16-10-12-9-15(12)8-11-5-3-4-6-13(11)14/h2-6,12H,1,7-10H2. The van der Waals surface area contributed by atoms with Gasteiger partial charge in [0, 0.05) is 24.2 Å². The van der Waals surface area contributed by atoms with Crippen LogP contribution in [0.4, 0.5) is 0 Å². The number of ether oxygens (including phenoxy) is 1. The Morgan fingerprint density at radius 3 is 3.06 bits per heavy atom. The minimum atomic E-state index is 0.552. The lowest BCUT2D eigenvalue weighted by Crippen LogP contribution is -2.09. The van der Waals surface area contributed by atoms with Crippen molar-refractivity contribution in [3.63, 3.8) is 0 Å². The minimum absolute atomic E-state index is 0.552. The molecule has 0 aromatic heterocycles. The molecule has 3 heteroatoms. The Hall–Kier alpha value is -0.830. The van der Waals surface area contributed by atoms with Gasteiger partial charge < -0.3 is 4.74 Å². The fourth-order valence-corrected chi connectivity index (χ4v) is 1.90. The van der Waals surface area contributed by atoms with Gasteiger partial charge in [-0.15, -0.1) is 6.58 Å². The second-order valence-electron chi connectivity index (χ2n) is 4.00. The molecule has 0 spiro atoms. The summed E-state index contributed by atoms with van der Waals surface area (Å²) in [5, 5.41) is 0.847. The summed E-state index contributed by atoms with van der Waals surface area (Å²) < 4.78 is 5.41. The van der Waals surface area contributed by atoms with Crippen LogP contribution >= 0.6 is 11.6 Å². The first-order valence-corrected chi connectivity index (χ1v) is 5.85. The van der Waals surface area contributed by atoms with Crippen molar-refractivity contribution < 1.29 is 4.74 Å². The van der Waals surface area contributed by atoms with Crippen molar-refractivity contribution >= 4 is 11.6 Å². The van der Waals surface area contributed by atoms with Crippen LogP contribution in [0.5, 0.6) is 0 Å². The third kappa shape index (κ3) is 3.08. The zero-order valence-corrected chi connectivity index (χ0v) is 9.99. The largest absolute Gasteiger partial charge is 0.376 e. The monoisotopic (exact) mass is 237 g/mol. The lowest BCUT2D eigenvalue weighted by Gasteiger charge is -2.06. The first-order chi connectivity index (χ1) is 7.81. The molecule has 0 amide bonds. The zero-order valence-electron chi connectivity index (χ0n) is 9.23. The fraction of sp³-hybridized carbons (Fsp3) is 0.385. The van der Waals surface area contributed by atoms with Crippen molar-refractivity contribution in [3.05, 3.63) is 47.5 Å². The smallest absolute Gasteiger partial charge is 0.0645 e. The summed E-state index contributed by atoms with van der Waals surface area (Å²) in [6.07, 6.45) is 1.78. The van der Waals surface area contributed by atoms with Crippen LogP contribution < -0.4 is 0 Å². The second-order valence-corrected chi connectivity index (χ2v) is 4.41. The van der Waals surface area contributed by atoms with Crippen molar-refractivity contribution in [2.45, 2.75) is 12.6 Å². The molecule has 2 unspecified atom stereocenters. The van der Waals surface area contributed by atoms with Gasteiger partial charge in [-0.25, -0.2) is 0 Å². The summed E-state index contributed by atoms with van der Waals surface area (Å²) in [5.41, 5.74) is 1.19. The first kappa shape index (κ1) is 11.6. The molecule has 1 fully saturated rings. The predicted molar refractivity (Wildman–Crippen MR) is 66.7 cm³/mol. The van der Waals surface area contributed by atoms with E-state index in [1.54, 1.807) is 6.08 Å². The van der Waals surface area contributed by atoms with Gasteiger partial charge in [0.15, 0.2) is 0 Å². The van der Waals surface area contributed by atoms with E-state index in [-0.39, 0.29) is 0 Å². The molecule has 2 rings (SSSR count). The third-order valence-corrected chi connectivity index (χ3v) is 3.07. The maximum Gasteiger partial charge on any atom is 0.0645 e. The Morgan fingerprint density at radius 1 is 1.50 bits per heavy atom. The van der Waals surface area contributed by atoms with E-state index in [1.807, 2.05) is 18.2 Å². The molecule has 2 nitrogen and oxygen atoms in total. The maximum absolute atomic E-state index is 6.10. The maximum atomic E-state index is 6.10. The Balaban J connectivity index is 1.76. The van der Waals surface area contributed by atoms with Gasteiger partial charge >= 0.3 is 0 Å². The Kier molecular flexibility index (Phi) is 3.99. The highest BCUT2D eigenvalue weighted by atomic mass is 35.5. The van der Waals surface area contributed by atoms with Crippen molar-refractivity contribution in [3.8, 4) is 0 Å². The van der Waals surface area contributed by atoms with Crippen LogP contribution in [0.15, 0.2) is 36.9 Å². The Morgan fingerprint density at radius 2 is 2.31 bits per heavy atom. The molecular formula is C13H16ClNO.